The number of carbonyl (C=O) groups excluding carboxylic acids is 1. The largest absolute Gasteiger partial charge is 0.465 e. The van der Waals surface area contributed by atoms with E-state index in [0.717, 1.165) is 23.1 Å². The van der Waals surface area contributed by atoms with Crippen molar-refractivity contribution in [3.63, 3.8) is 0 Å². The highest BCUT2D eigenvalue weighted by molar-refractivity contribution is 7.91. The summed E-state index contributed by atoms with van der Waals surface area (Å²) in [6, 6.07) is 22.9. The van der Waals surface area contributed by atoms with Gasteiger partial charge in [-0.3, -0.25) is 5.32 Å². The standard InChI is InChI=1S/C28H33NO4S/c1-4-5-19-34(31,32)27(29-18-17-22-12-7-6-8-13-22)23-15-16-25(28(30)33-3)26(20-23)24-14-10-9-11-21(24)2/h6-16,20,27,29H,4-5,17-19H2,1-3H3. The molecule has 0 fully saturated rings. The third kappa shape index (κ3) is 6.33. The maximum Gasteiger partial charge on any atom is 0.338 e. The van der Waals surface area contributed by atoms with E-state index < -0.39 is 21.2 Å². The molecule has 3 aromatic rings. The Kier molecular flexibility index (Phi) is 9.02. The van der Waals surface area contributed by atoms with Crippen molar-refractivity contribution in [2.45, 2.75) is 38.5 Å². The van der Waals surface area contributed by atoms with E-state index in [0.29, 0.717) is 36.1 Å². The molecule has 0 saturated heterocycles. The Labute approximate surface area is 203 Å². The number of hydrogen-bond donors (Lipinski definition) is 1. The molecular formula is C28H33NO4S. The van der Waals surface area contributed by atoms with Crippen LogP contribution in [0.25, 0.3) is 11.1 Å². The van der Waals surface area contributed by atoms with Crippen molar-refractivity contribution in [1.29, 1.82) is 0 Å². The topological polar surface area (TPSA) is 72.5 Å². The molecule has 34 heavy (non-hydrogen) atoms. The lowest BCUT2D eigenvalue weighted by Gasteiger charge is -2.22. The summed E-state index contributed by atoms with van der Waals surface area (Å²) < 4.78 is 31.7. The molecule has 3 aromatic carbocycles. The van der Waals surface area contributed by atoms with Gasteiger partial charge in [0.1, 0.15) is 5.37 Å². The molecule has 0 radical (unpaired) electrons. The molecule has 3 rings (SSSR count). The zero-order valence-corrected chi connectivity index (χ0v) is 20.9. The van der Waals surface area contributed by atoms with Crippen molar-refractivity contribution in [2.75, 3.05) is 19.4 Å². The summed E-state index contributed by atoms with van der Waals surface area (Å²) in [6.07, 6.45) is 2.11. The van der Waals surface area contributed by atoms with Gasteiger partial charge in [0.25, 0.3) is 0 Å². The molecular weight excluding hydrogens is 446 g/mol. The first kappa shape index (κ1) is 25.7. The minimum atomic E-state index is -3.47. The van der Waals surface area contributed by atoms with E-state index in [1.165, 1.54) is 7.11 Å². The summed E-state index contributed by atoms with van der Waals surface area (Å²) in [5.41, 5.74) is 4.71. The van der Waals surface area contributed by atoms with Gasteiger partial charge in [-0.15, -0.1) is 0 Å². The Morgan fingerprint density at radius 2 is 1.68 bits per heavy atom. The third-order valence-corrected chi connectivity index (χ3v) is 7.93. The Balaban J connectivity index is 2.02. The van der Waals surface area contributed by atoms with Gasteiger partial charge in [-0.1, -0.05) is 74.0 Å². The van der Waals surface area contributed by atoms with E-state index in [4.69, 9.17) is 4.74 Å². The average Bonchev–Trinajstić information content (AvgIpc) is 2.85. The monoisotopic (exact) mass is 479 g/mol. The number of ether oxygens (including phenoxy) is 1. The molecule has 180 valence electrons. The van der Waals surface area contributed by atoms with Gasteiger partial charge in [-0.05, 0) is 59.7 Å². The molecule has 0 spiro atoms. The Bertz CT molecular complexity index is 1210. The predicted octanol–water partition coefficient (Wildman–Crippen LogP) is 5.49. The number of rotatable bonds is 11. The van der Waals surface area contributed by atoms with Crippen LogP contribution in [0.4, 0.5) is 0 Å². The maximum atomic E-state index is 13.4. The third-order valence-electron chi connectivity index (χ3n) is 5.91. The fourth-order valence-electron chi connectivity index (χ4n) is 4.02. The van der Waals surface area contributed by atoms with Crippen LogP contribution >= 0.6 is 0 Å². The van der Waals surface area contributed by atoms with Crippen molar-refractivity contribution in [2.24, 2.45) is 0 Å². The van der Waals surface area contributed by atoms with E-state index >= 15 is 0 Å². The summed E-state index contributed by atoms with van der Waals surface area (Å²) in [5.74, 6) is -0.350. The van der Waals surface area contributed by atoms with Crippen LogP contribution in [0.1, 0.15) is 52.2 Å². The molecule has 0 aliphatic carbocycles. The highest BCUT2D eigenvalue weighted by Gasteiger charge is 2.28. The normalized spacial score (nSPS) is 12.3. The van der Waals surface area contributed by atoms with Crippen molar-refractivity contribution >= 4 is 15.8 Å². The lowest BCUT2D eigenvalue weighted by Crippen LogP contribution is -2.32. The van der Waals surface area contributed by atoms with Gasteiger partial charge in [0, 0.05) is 6.54 Å². The van der Waals surface area contributed by atoms with Gasteiger partial charge in [0.05, 0.1) is 18.4 Å². The number of aryl methyl sites for hydroxylation is 1. The van der Waals surface area contributed by atoms with Gasteiger partial charge in [0.15, 0.2) is 9.84 Å². The second-order valence-electron chi connectivity index (χ2n) is 8.40. The molecule has 6 heteroatoms. The zero-order chi connectivity index (χ0) is 24.6. The summed E-state index contributed by atoms with van der Waals surface area (Å²) in [7, 11) is -2.12. The maximum absolute atomic E-state index is 13.4. The van der Waals surface area contributed by atoms with Gasteiger partial charge >= 0.3 is 5.97 Å². The molecule has 0 aliphatic heterocycles. The van der Waals surface area contributed by atoms with E-state index in [1.54, 1.807) is 12.1 Å². The first-order valence-corrected chi connectivity index (χ1v) is 13.4. The lowest BCUT2D eigenvalue weighted by atomic mass is 9.94. The first-order valence-electron chi connectivity index (χ1n) is 11.6. The summed E-state index contributed by atoms with van der Waals surface area (Å²) >= 11 is 0. The van der Waals surface area contributed by atoms with E-state index in [9.17, 15) is 13.2 Å². The smallest absolute Gasteiger partial charge is 0.338 e. The van der Waals surface area contributed by atoms with Crippen molar-refractivity contribution in [1.82, 2.24) is 5.32 Å². The van der Waals surface area contributed by atoms with E-state index in [2.05, 4.69) is 5.32 Å². The molecule has 0 aromatic heterocycles. The molecule has 0 aliphatic rings. The molecule has 0 heterocycles. The highest BCUT2D eigenvalue weighted by atomic mass is 32.2. The second kappa shape index (κ2) is 12.0. The fourth-order valence-corrected chi connectivity index (χ4v) is 5.88. The van der Waals surface area contributed by atoms with Crippen molar-refractivity contribution in [3.05, 3.63) is 95.1 Å². The van der Waals surface area contributed by atoms with Crippen LogP contribution < -0.4 is 5.32 Å². The minimum Gasteiger partial charge on any atom is -0.465 e. The Hall–Kier alpha value is -2.96. The van der Waals surface area contributed by atoms with Crippen LogP contribution in [0.3, 0.4) is 0 Å². The average molecular weight is 480 g/mol. The molecule has 0 saturated carbocycles. The van der Waals surface area contributed by atoms with Crippen molar-refractivity contribution in [3.8, 4) is 11.1 Å². The lowest BCUT2D eigenvalue weighted by molar-refractivity contribution is 0.0601. The highest BCUT2D eigenvalue weighted by Crippen LogP contribution is 2.32. The number of unbranched alkanes of at least 4 members (excludes halogenated alkanes) is 1. The molecule has 1 unspecified atom stereocenters. The number of nitrogens with one attached hydrogen (secondary N) is 1. The summed E-state index contributed by atoms with van der Waals surface area (Å²) in [5, 5.41) is 2.42. The van der Waals surface area contributed by atoms with Gasteiger partial charge in [0.2, 0.25) is 0 Å². The quantitative estimate of drug-likeness (QED) is 0.368. The number of methoxy groups -OCH3 is 1. The second-order valence-corrected chi connectivity index (χ2v) is 10.6. The van der Waals surface area contributed by atoms with E-state index in [-0.39, 0.29) is 5.75 Å². The Morgan fingerprint density at radius 3 is 2.35 bits per heavy atom. The van der Waals surface area contributed by atoms with Crippen LogP contribution in [0.2, 0.25) is 0 Å². The number of benzene rings is 3. The minimum absolute atomic E-state index is 0.102. The van der Waals surface area contributed by atoms with Crippen LogP contribution in [0, 0.1) is 6.92 Å². The molecule has 1 atom stereocenters. The zero-order valence-electron chi connectivity index (χ0n) is 20.1. The summed E-state index contributed by atoms with van der Waals surface area (Å²) in [4.78, 5) is 12.5. The summed E-state index contributed by atoms with van der Waals surface area (Å²) in [6.45, 7) is 4.46. The van der Waals surface area contributed by atoms with Crippen LogP contribution in [-0.4, -0.2) is 33.8 Å². The Morgan fingerprint density at radius 1 is 0.971 bits per heavy atom. The van der Waals surface area contributed by atoms with E-state index in [1.807, 2.05) is 74.5 Å². The fraction of sp³-hybridized carbons (Fsp3) is 0.321. The predicted molar refractivity (Wildman–Crippen MR) is 138 cm³/mol. The number of hydrogen-bond acceptors (Lipinski definition) is 5. The molecule has 0 amide bonds. The molecule has 5 nitrogen and oxygen atoms in total. The first-order chi connectivity index (χ1) is 16.4. The van der Waals surface area contributed by atoms with Crippen LogP contribution in [-0.2, 0) is 21.0 Å². The van der Waals surface area contributed by atoms with Crippen molar-refractivity contribution < 1.29 is 17.9 Å². The van der Waals surface area contributed by atoms with Crippen LogP contribution in [0.5, 0.6) is 0 Å². The van der Waals surface area contributed by atoms with Gasteiger partial charge in [-0.25, -0.2) is 13.2 Å². The van der Waals surface area contributed by atoms with Crippen LogP contribution in [0.15, 0.2) is 72.8 Å². The van der Waals surface area contributed by atoms with Gasteiger partial charge < -0.3 is 4.74 Å². The van der Waals surface area contributed by atoms with Gasteiger partial charge in [-0.2, -0.15) is 0 Å². The number of sulfone groups is 1. The number of carbonyl (C=O) groups is 1. The molecule has 1 N–H and O–H groups in total. The SMILES string of the molecule is CCCCS(=O)(=O)C(NCCc1ccccc1)c1ccc(C(=O)OC)c(-c2ccccc2C)c1. The number of esters is 1. The molecule has 0 bridgehead atoms.